The van der Waals surface area contributed by atoms with Crippen LogP contribution in [0.2, 0.25) is 0 Å². The Morgan fingerprint density at radius 2 is 2.50 bits per heavy atom. The molecule has 0 aromatic carbocycles. The monoisotopic (exact) mass is 303 g/mol. The van der Waals surface area contributed by atoms with Gasteiger partial charge in [-0.2, -0.15) is 0 Å². The van der Waals surface area contributed by atoms with Crippen molar-refractivity contribution in [1.29, 1.82) is 0 Å². The van der Waals surface area contributed by atoms with Crippen molar-refractivity contribution in [2.24, 2.45) is 5.18 Å². The van der Waals surface area contributed by atoms with Gasteiger partial charge in [0.2, 0.25) is 0 Å². The van der Waals surface area contributed by atoms with Gasteiger partial charge in [-0.25, -0.2) is 0 Å². The van der Waals surface area contributed by atoms with Gasteiger partial charge in [0.05, 0.1) is 6.20 Å². The third-order valence-corrected chi connectivity index (χ3v) is 2.35. The topological polar surface area (TPSA) is 54.4 Å². The smallest absolute Gasteiger partial charge is 0.101 e. The van der Waals surface area contributed by atoms with Crippen LogP contribution >= 0.6 is 22.6 Å². The van der Waals surface area contributed by atoms with Crippen LogP contribution in [0.5, 0.6) is 0 Å². The predicted octanol–water partition coefficient (Wildman–Crippen LogP) is 2.06. The maximum atomic E-state index is 10.0. The number of allylic oxidation sites excluding steroid dienone is 1. The molecule has 0 atom stereocenters. The van der Waals surface area contributed by atoms with Crippen molar-refractivity contribution in [1.82, 2.24) is 10.3 Å². The molecule has 14 heavy (non-hydrogen) atoms. The summed E-state index contributed by atoms with van der Waals surface area (Å²) in [5, 5.41) is 5.63. The number of halogens is 1. The van der Waals surface area contributed by atoms with Crippen LogP contribution in [0.1, 0.15) is 5.56 Å². The lowest BCUT2D eigenvalue weighted by molar-refractivity contribution is 0.907. The van der Waals surface area contributed by atoms with Gasteiger partial charge in [0.1, 0.15) is 3.70 Å². The Morgan fingerprint density at radius 1 is 1.71 bits per heavy atom. The summed E-state index contributed by atoms with van der Waals surface area (Å²) in [7, 11) is 1.76. The zero-order chi connectivity index (χ0) is 10.4. The van der Waals surface area contributed by atoms with Crippen LogP contribution in [-0.2, 0) is 6.42 Å². The molecule has 4 nitrogen and oxygen atoms in total. The summed E-state index contributed by atoms with van der Waals surface area (Å²) >= 11 is 2.15. The van der Waals surface area contributed by atoms with Crippen LogP contribution in [0.25, 0.3) is 0 Å². The first kappa shape index (κ1) is 11.1. The Labute approximate surface area is 95.9 Å². The molecular weight excluding hydrogens is 293 g/mol. The largest absolute Gasteiger partial charge is 0.390 e. The SMILES string of the molecule is CN/C(=C\N=O)Cc1ccc(I)nc1. The fraction of sp³-hybridized carbons (Fsp3) is 0.222. The van der Waals surface area contributed by atoms with Crippen LogP contribution in [0.3, 0.4) is 0 Å². The van der Waals surface area contributed by atoms with Crippen LogP contribution in [0, 0.1) is 8.61 Å². The van der Waals surface area contributed by atoms with Gasteiger partial charge < -0.3 is 5.32 Å². The lowest BCUT2D eigenvalue weighted by atomic mass is 10.2. The molecule has 0 saturated heterocycles. The minimum atomic E-state index is 0.645. The van der Waals surface area contributed by atoms with Crippen LogP contribution in [0.4, 0.5) is 0 Å². The molecule has 1 heterocycles. The highest BCUT2D eigenvalue weighted by Gasteiger charge is 1.98. The van der Waals surface area contributed by atoms with Crippen molar-refractivity contribution in [2.45, 2.75) is 6.42 Å². The molecule has 0 unspecified atom stereocenters. The Kier molecular flexibility index (Phi) is 4.51. The Morgan fingerprint density at radius 3 is 3.00 bits per heavy atom. The number of aromatic nitrogens is 1. The van der Waals surface area contributed by atoms with Crippen LogP contribution in [-0.4, -0.2) is 12.0 Å². The van der Waals surface area contributed by atoms with Gasteiger partial charge in [-0.15, -0.1) is 4.91 Å². The Hall–Kier alpha value is -0.980. The van der Waals surface area contributed by atoms with E-state index < -0.39 is 0 Å². The highest BCUT2D eigenvalue weighted by Crippen LogP contribution is 2.07. The fourth-order valence-electron chi connectivity index (χ4n) is 0.993. The van der Waals surface area contributed by atoms with Gasteiger partial charge >= 0.3 is 0 Å². The van der Waals surface area contributed by atoms with Gasteiger partial charge in [-0.05, 0) is 39.4 Å². The normalized spacial score (nSPS) is 11.1. The lowest BCUT2D eigenvalue weighted by Gasteiger charge is -2.04. The van der Waals surface area contributed by atoms with Crippen molar-refractivity contribution in [3.05, 3.63) is 44.4 Å². The molecule has 0 amide bonds. The first-order chi connectivity index (χ1) is 6.76. The van der Waals surface area contributed by atoms with Gasteiger partial charge in [-0.3, -0.25) is 4.98 Å². The number of hydrogen-bond acceptors (Lipinski definition) is 4. The molecule has 0 spiro atoms. The van der Waals surface area contributed by atoms with Gasteiger partial charge in [0, 0.05) is 25.4 Å². The summed E-state index contributed by atoms with van der Waals surface area (Å²) in [5.74, 6) is 0. The first-order valence-electron chi connectivity index (χ1n) is 4.06. The first-order valence-corrected chi connectivity index (χ1v) is 5.14. The quantitative estimate of drug-likeness (QED) is 0.526. The van der Waals surface area contributed by atoms with Gasteiger partial charge in [0.25, 0.3) is 0 Å². The van der Waals surface area contributed by atoms with E-state index in [1.807, 2.05) is 12.1 Å². The predicted molar refractivity (Wildman–Crippen MR) is 63.6 cm³/mol. The zero-order valence-electron chi connectivity index (χ0n) is 7.70. The summed E-state index contributed by atoms with van der Waals surface area (Å²) in [5.41, 5.74) is 1.83. The fourth-order valence-corrected chi connectivity index (χ4v) is 1.31. The highest BCUT2D eigenvalue weighted by atomic mass is 127. The van der Waals surface area contributed by atoms with Gasteiger partial charge in [-0.1, -0.05) is 6.07 Å². The summed E-state index contributed by atoms with van der Waals surface area (Å²) in [6.45, 7) is 0. The molecule has 5 heteroatoms. The Balaban J connectivity index is 2.72. The average Bonchev–Trinajstić information content (AvgIpc) is 2.20. The van der Waals surface area contributed by atoms with E-state index >= 15 is 0 Å². The van der Waals surface area contributed by atoms with Crippen LogP contribution < -0.4 is 5.32 Å². The van der Waals surface area contributed by atoms with E-state index in [4.69, 9.17) is 0 Å². The van der Waals surface area contributed by atoms with E-state index in [0.717, 1.165) is 15.0 Å². The van der Waals surface area contributed by atoms with Gasteiger partial charge in [0.15, 0.2) is 0 Å². The molecule has 0 bridgehead atoms. The third kappa shape index (κ3) is 3.41. The molecule has 0 saturated carbocycles. The van der Waals surface area contributed by atoms with E-state index in [1.54, 1.807) is 13.2 Å². The summed E-state index contributed by atoms with van der Waals surface area (Å²) < 4.78 is 0.954. The molecule has 1 aromatic heterocycles. The second-order valence-electron chi connectivity index (χ2n) is 2.68. The van der Waals surface area contributed by atoms with Crippen molar-refractivity contribution in [2.75, 3.05) is 7.05 Å². The van der Waals surface area contributed by atoms with Crippen LogP contribution in [0.15, 0.2) is 35.4 Å². The molecule has 74 valence electrons. The zero-order valence-corrected chi connectivity index (χ0v) is 9.85. The number of nitrogens with one attached hydrogen (secondary N) is 1. The second kappa shape index (κ2) is 5.69. The molecule has 0 aliphatic carbocycles. The number of pyridine rings is 1. The molecule has 0 aliphatic rings. The van der Waals surface area contributed by atoms with Crippen molar-refractivity contribution < 1.29 is 0 Å². The maximum absolute atomic E-state index is 10.0. The molecule has 0 radical (unpaired) electrons. The molecular formula is C9H10IN3O. The maximum Gasteiger partial charge on any atom is 0.101 e. The lowest BCUT2D eigenvalue weighted by Crippen LogP contribution is -2.08. The molecule has 1 N–H and O–H groups in total. The Bertz CT molecular complexity index is 334. The van der Waals surface area contributed by atoms with E-state index in [1.165, 1.54) is 6.20 Å². The molecule has 0 fully saturated rings. The summed E-state index contributed by atoms with van der Waals surface area (Å²) in [4.78, 5) is 14.2. The van der Waals surface area contributed by atoms with E-state index in [0.29, 0.717) is 6.42 Å². The average molecular weight is 303 g/mol. The number of nitroso groups, excluding NO2 is 1. The number of likely N-dealkylation sites (N-methyl/N-ethyl adjacent to an activating group) is 1. The van der Waals surface area contributed by atoms with E-state index in [-0.39, 0.29) is 0 Å². The number of rotatable bonds is 4. The summed E-state index contributed by atoms with van der Waals surface area (Å²) in [6.07, 6.45) is 3.71. The minimum absolute atomic E-state index is 0.645. The highest BCUT2D eigenvalue weighted by molar-refractivity contribution is 14.1. The number of nitrogens with zero attached hydrogens (tertiary/aromatic N) is 2. The number of hydrogen-bond donors (Lipinski definition) is 1. The standard InChI is InChI=1S/C9H10IN3O/c1-11-8(6-13-14)4-7-2-3-9(10)12-5-7/h2-3,5-6,11H,4H2,1H3/b8-6-. The third-order valence-electron chi connectivity index (χ3n) is 1.71. The van der Waals surface area contributed by atoms with Crippen molar-refractivity contribution in [3.8, 4) is 0 Å². The van der Waals surface area contributed by atoms with Crippen molar-refractivity contribution in [3.63, 3.8) is 0 Å². The molecule has 1 rings (SSSR count). The summed E-state index contributed by atoms with van der Waals surface area (Å²) in [6, 6.07) is 3.91. The molecule has 0 aliphatic heterocycles. The second-order valence-corrected chi connectivity index (χ2v) is 3.78. The van der Waals surface area contributed by atoms with E-state index in [2.05, 4.69) is 38.1 Å². The van der Waals surface area contributed by atoms with E-state index in [9.17, 15) is 4.91 Å². The molecule has 1 aromatic rings. The van der Waals surface area contributed by atoms with Crippen molar-refractivity contribution >= 4 is 22.6 Å². The minimum Gasteiger partial charge on any atom is -0.390 e.